The molecule has 1 aromatic carbocycles. The highest BCUT2D eigenvalue weighted by atomic mass is 16.2. The lowest BCUT2D eigenvalue weighted by atomic mass is 10.0. The maximum atomic E-state index is 11.6. The molecule has 92 valence electrons. The third kappa shape index (κ3) is 3.07. The molecule has 17 heavy (non-hydrogen) atoms. The van der Waals surface area contributed by atoms with E-state index in [0.717, 1.165) is 26.1 Å². The minimum atomic E-state index is 0.188. The summed E-state index contributed by atoms with van der Waals surface area (Å²) in [4.78, 5) is 11.6. The molecule has 2 rings (SSSR count). The van der Waals surface area contributed by atoms with Gasteiger partial charge in [0.05, 0.1) is 5.92 Å². The predicted octanol–water partition coefficient (Wildman–Crippen LogP) is 1.18. The Labute approximate surface area is 103 Å². The van der Waals surface area contributed by atoms with Gasteiger partial charge in [0.25, 0.3) is 0 Å². The van der Waals surface area contributed by atoms with Crippen molar-refractivity contribution in [2.75, 3.05) is 19.6 Å². The van der Waals surface area contributed by atoms with Crippen molar-refractivity contribution in [3.8, 4) is 0 Å². The van der Waals surface area contributed by atoms with E-state index < -0.39 is 0 Å². The minimum Gasteiger partial charge on any atom is -0.355 e. The van der Waals surface area contributed by atoms with Gasteiger partial charge in [-0.25, -0.2) is 0 Å². The Bertz CT molecular complexity index is 411. The van der Waals surface area contributed by atoms with E-state index in [1.807, 2.05) is 0 Å². The summed E-state index contributed by atoms with van der Waals surface area (Å²) in [6.07, 6.45) is 0.915. The van der Waals surface area contributed by atoms with E-state index in [-0.39, 0.29) is 11.8 Å². The van der Waals surface area contributed by atoms with Gasteiger partial charge in [-0.1, -0.05) is 23.8 Å². The third-order valence-corrected chi connectivity index (χ3v) is 3.34. The van der Waals surface area contributed by atoms with Crippen molar-refractivity contribution < 1.29 is 4.79 Å². The second kappa shape index (κ2) is 5.32. The average molecular weight is 232 g/mol. The molecule has 0 spiro atoms. The standard InChI is InChI=1S/C14H20N2O/c1-10-3-4-12(11(2)7-10)5-6-16-14(17)13-8-15-9-13/h3-4,7,13,15H,5-6,8-9H2,1-2H3,(H,16,17). The summed E-state index contributed by atoms with van der Waals surface area (Å²) in [5.74, 6) is 0.377. The van der Waals surface area contributed by atoms with Crippen molar-refractivity contribution >= 4 is 5.91 Å². The molecule has 0 unspecified atom stereocenters. The van der Waals surface area contributed by atoms with Gasteiger partial charge in [0, 0.05) is 19.6 Å². The topological polar surface area (TPSA) is 41.1 Å². The zero-order chi connectivity index (χ0) is 12.3. The van der Waals surface area contributed by atoms with Gasteiger partial charge in [0.15, 0.2) is 0 Å². The molecule has 0 aromatic heterocycles. The fourth-order valence-electron chi connectivity index (χ4n) is 2.07. The van der Waals surface area contributed by atoms with Gasteiger partial charge in [-0.2, -0.15) is 0 Å². The highest BCUT2D eigenvalue weighted by Crippen LogP contribution is 2.10. The highest BCUT2D eigenvalue weighted by molar-refractivity contribution is 5.79. The number of carbonyl (C=O) groups excluding carboxylic acids is 1. The SMILES string of the molecule is Cc1ccc(CCNC(=O)C2CNC2)c(C)c1. The summed E-state index contributed by atoms with van der Waals surface area (Å²) in [5, 5.41) is 6.10. The summed E-state index contributed by atoms with van der Waals surface area (Å²) in [7, 11) is 0. The smallest absolute Gasteiger partial charge is 0.225 e. The lowest BCUT2D eigenvalue weighted by Gasteiger charge is -2.25. The molecule has 0 saturated carbocycles. The van der Waals surface area contributed by atoms with Crippen molar-refractivity contribution in [2.24, 2.45) is 5.92 Å². The van der Waals surface area contributed by atoms with Gasteiger partial charge >= 0.3 is 0 Å². The van der Waals surface area contributed by atoms with Crippen molar-refractivity contribution in [3.05, 3.63) is 34.9 Å². The van der Waals surface area contributed by atoms with Crippen molar-refractivity contribution in [1.82, 2.24) is 10.6 Å². The first kappa shape index (κ1) is 12.1. The van der Waals surface area contributed by atoms with Crippen LogP contribution in [-0.4, -0.2) is 25.5 Å². The van der Waals surface area contributed by atoms with Gasteiger partial charge in [-0.15, -0.1) is 0 Å². The van der Waals surface area contributed by atoms with E-state index in [9.17, 15) is 4.79 Å². The molecule has 0 bridgehead atoms. The summed E-state index contributed by atoms with van der Waals surface area (Å²) in [6.45, 7) is 6.62. The monoisotopic (exact) mass is 232 g/mol. The van der Waals surface area contributed by atoms with Crippen LogP contribution in [0, 0.1) is 19.8 Å². The highest BCUT2D eigenvalue weighted by Gasteiger charge is 2.24. The Morgan fingerprint density at radius 3 is 2.76 bits per heavy atom. The molecule has 1 aliphatic rings. The molecule has 1 heterocycles. The van der Waals surface area contributed by atoms with Crippen LogP contribution in [0.3, 0.4) is 0 Å². The second-order valence-electron chi connectivity index (χ2n) is 4.83. The van der Waals surface area contributed by atoms with E-state index in [2.05, 4.69) is 42.7 Å². The lowest BCUT2D eigenvalue weighted by Crippen LogP contribution is -2.51. The largest absolute Gasteiger partial charge is 0.355 e. The summed E-state index contributed by atoms with van der Waals surface area (Å²) >= 11 is 0. The van der Waals surface area contributed by atoms with E-state index >= 15 is 0 Å². The van der Waals surface area contributed by atoms with E-state index in [1.54, 1.807) is 0 Å². The van der Waals surface area contributed by atoms with Crippen LogP contribution in [0.15, 0.2) is 18.2 Å². The van der Waals surface area contributed by atoms with E-state index in [1.165, 1.54) is 16.7 Å². The van der Waals surface area contributed by atoms with Gasteiger partial charge in [-0.05, 0) is 31.4 Å². The van der Waals surface area contributed by atoms with Crippen molar-refractivity contribution in [2.45, 2.75) is 20.3 Å². The van der Waals surface area contributed by atoms with Crippen molar-refractivity contribution in [3.63, 3.8) is 0 Å². The number of rotatable bonds is 4. The lowest BCUT2D eigenvalue weighted by molar-refractivity contribution is -0.126. The predicted molar refractivity (Wildman–Crippen MR) is 69.0 cm³/mol. The van der Waals surface area contributed by atoms with Crippen LogP contribution in [0.4, 0.5) is 0 Å². The molecular weight excluding hydrogens is 212 g/mol. The number of aryl methyl sites for hydroxylation is 2. The van der Waals surface area contributed by atoms with Gasteiger partial charge in [0.2, 0.25) is 5.91 Å². The van der Waals surface area contributed by atoms with Crippen LogP contribution in [0.1, 0.15) is 16.7 Å². The van der Waals surface area contributed by atoms with Gasteiger partial charge in [-0.3, -0.25) is 4.79 Å². The van der Waals surface area contributed by atoms with Crippen LogP contribution in [0.25, 0.3) is 0 Å². The molecule has 1 aliphatic heterocycles. The fraction of sp³-hybridized carbons (Fsp3) is 0.500. The van der Waals surface area contributed by atoms with Gasteiger partial charge < -0.3 is 10.6 Å². The first-order valence-corrected chi connectivity index (χ1v) is 6.21. The molecule has 3 heteroatoms. The van der Waals surface area contributed by atoms with E-state index in [0.29, 0.717) is 0 Å². The summed E-state index contributed by atoms with van der Waals surface area (Å²) in [6, 6.07) is 6.47. The number of benzene rings is 1. The third-order valence-electron chi connectivity index (χ3n) is 3.34. The molecule has 3 nitrogen and oxygen atoms in total. The number of amides is 1. The number of hydrogen-bond acceptors (Lipinski definition) is 2. The quantitative estimate of drug-likeness (QED) is 0.818. The van der Waals surface area contributed by atoms with E-state index in [4.69, 9.17) is 0 Å². The minimum absolute atomic E-state index is 0.188. The molecule has 1 aromatic rings. The van der Waals surface area contributed by atoms with Crippen LogP contribution in [0.2, 0.25) is 0 Å². The Hall–Kier alpha value is -1.35. The zero-order valence-corrected chi connectivity index (χ0v) is 10.5. The van der Waals surface area contributed by atoms with Crippen LogP contribution < -0.4 is 10.6 Å². The molecule has 1 amide bonds. The van der Waals surface area contributed by atoms with Crippen LogP contribution >= 0.6 is 0 Å². The number of nitrogens with one attached hydrogen (secondary N) is 2. The molecule has 1 saturated heterocycles. The Balaban J connectivity index is 1.79. The summed E-state index contributed by atoms with van der Waals surface area (Å²) in [5.41, 5.74) is 3.92. The maximum absolute atomic E-state index is 11.6. The van der Waals surface area contributed by atoms with Gasteiger partial charge in [0.1, 0.15) is 0 Å². The van der Waals surface area contributed by atoms with Crippen LogP contribution in [0.5, 0.6) is 0 Å². The van der Waals surface area contributed by atoms with Crippen molar-refractivity contribution in [1.29, 1.82) is 0 Å². The normalized spacial score (nSPS) is 15.4. The molecular formula is C14H20N2O. The number of carbonyl (C=O) groups is 1. The van der Waals surface area contributed by atoms with Crippen LogP contribution in [-0.2, 0) is 11.2 Å². The Kier molecular flexibility index (Phi) is 3.79. The first-order valence-electron chi connectivity index (χ1n) is 6.21. The summed E-state index contributed by atoms with van der Waals surface area (Å²) < 4.78 is 0. The fourth-order valence-corrected chi connectivity index (χ4v) is 2.07. The molecule has 2 N–H and O–H groups in total. The molecule has 0 atom stereocenters. The maximum Gasteiger partial charge on any atom is 0.225 e. The number of hydrogen-bond donors (Lipinski definition) is 2. The molecule has 0 radical (unpaired) electrons. The second-order valence-corrected chi connectivity index (χ2v) is 4.83. The molecule has 1 fully saturated rings. The molecule has 0 aliphatic carbocycles. The first-order chi connectivity index (χ1) is 8.16. The Morgan fingerprint density at radius 1 is 1.41 bits per heavy atom. The Morgan fingerprint density at radius 2 is 2.18 bits per heavy atom. The zero-order valence-electron chi connectivity index (χ0n) is 10.5. The average Bonchev–Trinajstić information content (AvgIpc) is 2.18.